The van der Waals surface area contributed by atoms with Gasteiger partial charge in [0.25, 0.3) is 0 Å². The minimum absolute atomic E-state index is 0.0928. The molecule has 0 unspecified atom stereocenters. The Balaban J connectivity index is 2.05. The van der Waals surface area contributed by atoms with Crippen molar-refractivity contribution in [2.75, 3.05) is 13.1 Å². The van der Waals surface area contributed by atoms with Gasteiger partial charge in [-0.05, 0) is 13.8 Å². The molecule has 1 N–H and O–H groups in total. The second-order valence-electron chi connectivity index (χ2n) is 4.77. The van der Waals surface area contributed by atoms with Crippen LogP contribution in [0.3, 0.4) is 0 Å². The summed E-state index contributed by atoms with van der Waals surface area (Å²) in [6.45, 7) is 3.27. The lowest BCUT2D eigenvalue weighted by Crippen LogP contribution is -2.54. The fourth-order valence-corrected chi connectivity index (χ4v) is 2.17. The molecule has 1 aromatic heterocycles. The van der Waals surface area contributed by atoms with Crippen molar-refractivity contribution in [1.29, 1.82) is 0 Å². The lowest BCUT2D eigenvalue weighted by molar-refractivity contribution is -0.386. The van der Waals surface area contributed by atoms with Crippen molar-refractivity contribution in [3.8, 4) is 0 Å². The number of hydrogen-bond acceptors (Lipinski definition) is 5. The molecule has 9 nitrogen and oxygen atoms in total. The number of nitrogens with zero attached hydrogens (tertiary/aromatic N) is 4. The molecule has 0 aliphatic carbocycles. The van der Waals surface area contributed by atoms with E-state index in [1.807, 2.05) is 0 Å². The Kier molecular flexibility index (Phi) is 3.43. The first-order valence-electron chi connectivity index (χ1n) is 6.00. The van der Waals surface area contributed by atoms with Gasteiger partial charge in [-0.1, -0.05) is 0 Å². The van der Waals surface area contributed by atoms with Gasteiger partial charge < -0.3 is 10.0 Å². The topological polar surface area (TPSA) is 119 Å². The molecule has 108 valence electrons. The maximum atomic E-state index is 11.9. The molecule has 1 amide bonds. The second-order valence-corrected chi connectivity index (χ2v) is 4.77. The third-order valence-electron chi connectivity index (χ3n) is 3.39. The second kappa shape index (κ2) is 4.91. The van der Waals surface area contributed by atoms with Gasteiger partial charge in [0.05, 0.1) is 10.8 Å². The average Bonchev–Trinajstić information content (AvgIpc) is 2.50. The van der Waals surface area contributed by atoms with E-state index in [0.29, 0.717) is 5.69 Å². The van der Waals surface area contributed by atoms with Gasteiger partial charge >= 0.3 is 11.7 Å². The van der Waals surface area contributed by atoms with Crippen molar-refractivity contribution in [3.63, 3.8) is 0 Å². The van der Waals surface area contributed by atoms with Crippen LogP contribution in [0.5, 0.6) is 0 Å². The molecule has 0 saturated carbocycles. The van der Waals surface area contributed by atoms with E-state index in [1.54, 1.807) is 0 Å². The molecule has 0 aromatic carbocycles. The van der Waals surface area contributed by atoms with E-state index >= 15 is 0 Å². The number of amides is 1. The van der Waals surface area contributed by atoms with Crippen LogP contribution < -0.4 is 0 Å². The molecule has 1 fully saturated rings. The highest BCUT2D eigenvalue weighted by molar-refractivity contribution is 5.80. The normalized spacial score (nSPS) is 15.0. The van der Waals surface area contributed by atoms with Gasteiger partial charge in [-0.25, -0.2) is 0 Å². The third kappa shape index (κ3) is 2.33. The van der Waals surface area contributed by atoms with Gasteiger partial charge in [0, 0.05) is 13.1 Å². The smallest absolute Gasteiger partial charge is 0.312 e. The number of rotatable bonds is 4. The first-order valence-corrected chi connectivity index (χ1v) is 6.00. The summed E-state index contributed by atoms with van der Waals surface area (Å²) in [7, 11) is 0. The maximum absolute atomic E-state index is 11.9. The van der Waals surface area contributed by atoms with Crippen LogP contribution in [0.15, 0.2) is 0 Å². The van der Waals surface area contributed by atoms with E-state index in [1.165, 1.54) is 23.4 Å². The van der Waals surface area contributed by atoms with Gasteiger partial charge in [0.15, 0.2) is 0 Å². The zero-order chi connectivity index (χ0) is 15.0. The predicted octanol–water partition coefficient (Wildman–Crippen LogP) is -0.0489. The number of aromatic nitrogens is 2. The summed E-state index contributed by atoms with van der Waals surface area (Å²) >= 11 is 0. The summed E-state index contributed by atoms with van der Waals surface area (Å²) in [5.74, 6) is -1.73. The highest BCUT2D eigenvalue weighted by Crippen LogP contribution is 2.22. The molecule has 1 saturated heterocycles. The van der Waals surface area contributed by atoms with Gasteiger partial charge in [0.1, 0.15) is 17.9 Å². The molecule has 20 heavy (non-hydrogen) atoms. The van der Waals surface area contributed by atoms with Crippen LogP contribution in [0.2, 0.25) is 0 Å². The van der Waals surface area contributed by atoms with Crippen molar-refractivity contribution in [1.82, 2.24) is 14.7 Å². The van der Waals surface area contributed by atoms with Gasteiger partial charge in [-0.15, -0.1) is 0 Å². The summed E-state index contributed by atoms with van der Waals surface area (Å²) in [5.41, 5.74) is 0.480. The fraction of sp³-hybridized carbons (Fsp3) is 0.545. The first-order chi connectivity index (χ1) is 9.31. The minimum atomic E-state index is -0.921. The quantitative estimate of drug-likeness (QED) is 0.611. The van der Waals surface area contributed by atoms with Crippen LogP contribution in [-0.4, -0.2) is 49.7 Å². The Morgan fingerprint density at radius 3 is 2.50 bits per heavy atom. The Hall–Kier alpha value is -2.45. The zero-order valence-corrected chi connectivity index (χ0v) is 11.1. The van der Waals surface area contributed by atoms with E-state index in [0.717, 1.165) is 0 Å². The van der Waals surface area contributed by atoms with E-state index < -0.39 is 16.8 Å². The third-order valence-corrected chi connectivity index (χ3v) is 3.39. The van der Waals surface area contributed by atoms with Crippen LogP contribution in [-0.2, 0) is 16.1 Å². The molecule has 0 spiro atoms. The van der Waals surface area contributed by atoms with E-state index in [-0.39, 0.29) is 36.9 Å². The zero-order valence-electron chi connectivity index (χ0n) is 11.1. The average molecular weight is 282 g/mol. The number of carboxylic acids is 1. The highest BCUT2D eigenvalue weighted by atomic mass is 16.6. The molecule has 0 atom stereocenters. The molecule has 0 bridgehead atoms. The van der Waals surface area contributed by atoms with E-state index in [4.69, 9.17) is 5.11 Å². The van der Waals surface area contributed by atoms with E-state index in [9.17, 15) is 19.7 Å². The Bertz CT molecular complexity index is 588. The molecule has 1 aliphatic heterocycles. The predicted molar refractivity (Wildman–Crippen MR) is 66.1 cm³/mol. The SMILES string of the molecule is Cc1nn(CC(=O)N2CC(C(=O)O)C2)c(C)c1[N+](=O)[O-]. The van der Waals surface area contributed by atoms with Crippen molar-refractivity contribution >= 4 is 17.6 Å². The number of likely N-dealkylation sites (tertiary alicyclic amines) is 1. The van der Waals surface area contributed by atoms with Crippen LogP contribution in [0, 0.1) is 29.9 Å². The van der Waals surface area contributed by atoms with Gasteiger partial charge in [-0.2, -0.15) is 5.10 Å². The molecule has 1 aliphatic rings. The molecule has 0 radical (unpaired) electrons. The Morgan fingerprint density at radius 2 is 2.05 bits per heavy atom. The number of hydrogen-bond donors (Lipinski definition) is 1. The van der Waals surface area contributed by atoms with Crippen molar-refractivity contribution < 1.29 is 19.6 Å². The number of aliphatic carboxylic acids is 1. The van der Waals surface area contributed by atoms with Crippen molar-refractivity contribution in [2.45, 2.75) is 20.4 Å². The number of aryl methyl sites for hydroxylation is 1. The summed E-state index contributed by atoms with van der Waals surface area (Å²) in [6.07, 6.45) is 0. The standard InChI is InChI=1S/C11H14N4O5/c1-6-10(15(19)20)7(2)14(12-6)5-9(16)13-3-8(4-13)11(17)18/h8H,3-5H2,1-2H3,(H,17,18). The first kappa shape index (κ1) is 14.0. The van der Waals surface area contributed by atoms with Crippen molar-refractivity contribution in [3.05, 3.63) is 21.5 Å². The van der Waals surface area contributed by atoms with E-state index in [2.05, 4.69) is 5.10 Å². The fourth-order valence-electron chi connectivity index (χ4n) is 2.17. The molecule has 2 rings (SSSR count). The van der Waals surface area contributed by atoms with Gasteiger partial charge in [-0.3, -0.25) is 24.4 Å². The van der Waals surface area contributed by atoms with Crippen LogP contribution in [0.1, 0.15) is 11.4 Å². The van der Waals surface area contributed by atoms with Crippen LogP contribution in [0.4, 0.5) is 5.69 Å². The maximum Gasteiger partial charge on any atom is 0.312 e. The Labute approximate surface area is 113 Å². The molecular formula is C11H14N4O5. The number of nitro groups is 1. The van der Waals surface area contributed by atoms with Crippen molar-refractivity contribution in [2.24, 2.45) is 5.92 Å². The number of carbonyl (C=O) groups excluding carboxylic acids is 1. The largest absolute Gasteiger partial charge is 0.481 e. The molecule has 1 aromatic rings. The molecule has 2 heterocycles. The highest BCUT2D eigenvalue weighted by Gasteiger charge is 2.36. The number of carboxylic acid groups (broad SMARTS) is 1. The number of carbonyl (C=O) groups is 2. The Morgan fingerprint density at radius 1 is 1.45 bits per heavy atom. The summed E-state index contributed by atoms with van der Waals surface area (Å²) < 4.78 is 1.28. The lowest BCUT2D eigenvalue weighted by Gasteiger charge is -2.36. The summed E-state index contributed by atoms with van der Waals surface area (Å²) in [6, 6.07) is 0. The van der Waals surface area contributed by atoms with Crippen LogP contribution >= 0.6 is 0 Å². The summed E-state index contributed by atoms with van der Waals surface area (Å²) in [4.78, 5) is 34.3. The minimum Gasteiger partial charge on any atom is -0.481 e. The molecular weight excluding hydrogens is 268 g/mol. The van der Waals surface area contributed by atoms with Crippen LogP contribution in [0.25, 0.3) is 0 Å². The monoisotopic (exact) mass is 282 g/mol. The lowest BCUT2D eigenvalue weighted by atomic mass is 10.0. The summed E-state index contributed by atoms with van der Waals surface area (Å²) in [5, 5.41) is 23.6. The molecule has 9 heteroatoms. The van der Waals surface area contributed by atoms with Gasteiger partial charge in [0.2, 0.25) is 5.91 Å².